The van der Waals surface area contributed by atoms with Gasteiger partial charge in [-0.2, -0.15) is 0 Å². The molecule has 0 N–H and O–H groups in total. The Hall–Kier alpha value is -3.93. The van der Waals surface area contributed by atoms with E-state index >= 15 is 0 Å². The van der Waals surface area contributed by atoms with Gasteiger partial charge in [0.05, 0.1) is 0 Å². The van der Waals surface area contributed by atoms with Crippen LogP contribution in [0.5, 0.6) is 0 Å². The predicted molar refractivity (Wildman–Crippen MR) is 122 cm³/mol. The van der Waals surface area contributed by atoms with Crippen molar-refractivity contribution in [1.29, 1.82) is 0 Å². The molecule has 6 nitrogen and oxygen atoms in total. The van der Waals surface area contributed by atoms with Crippen LogP contribution in [0.1, 0.15) is 35.8 Å². The van der Waals surface area contributed by atoms with Crippen LogP contribution in [0.3, 0.4) is 0 Å². The SMILES string of the molecule is O=CCC[C@@]1(Cc2ccccc2)C(=O)O[C@H](c2ccccc2)N1C(=O)OCc1ccccc1. The zero-order chi connectivity index (χ0) is 23.1. The molecule has 168 valence electrons. The summed E-state index contributed by atoms with van der Waals surface area (Å²) in [6.07, 6.45) is -0.411. The molecule has 0 radical (unpaired) electrons. The Kier molecular flexibility index (Phi) is 6.83. The summed E-state index contributed by atoms with van der Waals surface area (Å²) in [5, 5.41) is 0. The molecule has 3 aromatic rings. The third kappa shape index (κ3) is 4.80. The second-order valence-electron chi connectivity index (χ2n) is 7.98. The Bertz CT molecular complexity index is 1090. The quantitative estimate of drug-likeness (QED) is 0.368. The molecule has 4 rings (SSSR count). The molecule has 1 aliphatic heterocycles. The Morgan fingerprint density at radius 3 is 2.09 bits per heavy atom. The minimum Gasteiger partial charge on any atom is -0.444 e. The lowest BCUT2D eigenvalue weighted by Gasteiger charge is -2.35. The molecule has 33 heavy (non-hydrogen) atoms. The van der Waals surface area contributed by atoms with Gasteiger partial charge in [0, 0.05) is 18.4 Å². The summed E-state index contributed by atoms with van der Waals surface area (Å²) >= 11 is 0. The third-order valence-electron chi connectivity index (χ3n) is 5.80. The normalized spacial score (nSPS) is 19.7. The fourth-order valence-electron chi connectivity index (χ4n) is 4.18. The number of amides is 1. The van der Waals surface area contributed by atoms with Gasteiger partial charge >= 0.3 is 12.1 Å². The van der Waals surface area contributed by atoms with Gasteiger partial charge in [0.1, 0.15) is 12.9 Å². The number of esters is 1. The topological polar surface area (TPSA) is 72.9 Å². The monoisotopic (exact) mass is 443 g/mol. The zero-order valence-electron chi connectivity index (χ0n) is 18.1. The van der Waals surface area contributed by atoms with Gasteiger partial charge in [-0.3, -0.25) is 4.90 Å². The maximum atomic E-state index is 13.5. The van der Waals surface area contributed by atoms with Crippen LogP contribution in [0.25, 0.3) is 0 Å². The molecule has 1 fully saturated rings. The zero-order valence-corrected chi connectivity index (χ0v) is 18.1. The predicted octanol–water partition coefficient (Wildman–Crippen LogP) is 4.84. The van der Waals surface area contributed by atoms with Crippen molar-refractivity contribution in [2.24, 2.45) is 0 Å². The van der Waals surface area contributed by atoms with Crippen molar-refractivity contribution in [3.05, 3.63) is 108 Å². The van der Waals surface area contributed by atoms with E-state index in [4.69, 9.17) is 9.47 Å². The molecule has 1 saturated heterocycles. The molecule has 1 amide bonds. The van der Waals surface area contributed by atoms with E-state index in [-0.39, 0.29) is 25.9 Å². The van der Waals surface area contributed by atoms with Crippen molar-refractivity contribution in [1.82, 2.24) is 4.90 Å². The Labute approximate surface area is 192 Å². The van der Waals surface area contributed by atoms with Gasteiger partial charge in [-0.15, -0.1) is 0 Å². The van der Waals surface area contributed by atoms with Gasteiger partial charge in [-0.05, 0) is 17.5 Å². The summed E-state index contributed by atoms with van der Waals surface area (Å²) in [6.45, 7) is 0.0565. The molecular weight excluding hydrogens is 418 g/mol. The molecular formula is C27H25NO5. The summed E-state index contributed by atoms with van der Waals surface area (Å²) in [7, 11) is 0. The van der Waals surface area contributed by atoms with Gasteiger partial charge in [0.15, 0.2) is 5.54 Å². The van der Waals surface area contributed by atoms with E-state index in [1.165, 1.54) is 4.90 Å². The summed E-state index contributed by atoms with van der Waals surface area (Å²) in [5.41, 5.74) is 0.977. The number of carbonyl (C=O) groups is 3. The van der Waals surface area contributed by atoms with Gasteiger partial charge in [0.2, 0.25) is 6.23 Å². The van der Waals surface area contributed by atoms with Gasteiger partial charge in [-0.1, -0.05) is 91.0 Å². The first-order chi connectivity index (χ1) is 16.1. The highest BCUT2D eigenvalue weighted by Crippen LogP contribution is 2.43. The van der Waals surface area contributed by atoms with E-state index in [1.807, 2.05) is 78.9 Å². The highest BCUT2D eigenvalue weighted by Gasteiger charge is 2.58. The number of benzene rings is 3. The largest absolute Gasteiger partial charge is 0.444 e. The van der Waals surface area contributed by atoms with Crippen LogP contribution < -0.4 is 0 Å². The van der Waals surface area contributed by atoms with E-state index < -0.39 is 23.8 Å². The fraction of sp³-hybridized carbons (Fsp3) is 0.222. The Morgan fingerprint density at radius 1 is 0.909 bits per heavy atom. The van der Waals surface area contributed by atoms with Crippen LogP contribution >= 0.6 is 0 Å². The van der Waals surface area contributed by atoms with E-state index in [0.717, 1.165) is 17.4 Å². The number of aldehydes is 1. The number of hydrogen-bond donors (Lipinski definition) is 0. The van der Waals surface area contributed by atoms with E-state index in [2.05, 4.69) is 0 Å². The average molecular weight is 443 g/mol. The number of nitrogens with zero attached hydrogens (tertiary/aromatic N) is 1. The second-order valence-corrected chi connectivity index (χ2v) is 7.98. The van der Waals surface area contributed by atoms with E-state index in [1.54, 1.807) is 12.1 Å². The number of hydrogen-bond acceptors (Lipinski definition) is 5. The number of rotatable bonds is 8. The van der Waals surface area contributed by atoms with Crippen LogP contribution in [-0.4, -0.2) is 28.8 Å². The van der Waals surface area contributed by atoms with Crippen LogP contribution in [0, 0.1) is 0 Å². The number of cyclic esters (lactones) is 1. The minimum atomic E-state index is -1.36. The molecule has 0 aliphatic carbocycles. The van der Waals surface area contributed by atoms with Gasteiger partial charge < -0.3 is 14.3 Å². The third-order valence-corrected chi connectivity index (χ3v) is 5.80. The second kappa shape index (κ2) is 10.1. The van der Waals surface area contributed by atoms with Crippen LogP contribution in [0.4, 0.5) is 4.79 Å². The fourth-order valence-corrected chi connectivity index (χ4v) is 4.18. The first kappa shape index (κ1) is 22.3. The van der Waals surface area contributed by atoms with Crippen molar-refractivity contribution < 1.29 is 23.9 Å². The van der Waals surface area contributed by atoms with Gasteiger partial charge in [-0.25, -0.2) is 9.59 Å². The van der Waals surface area contributed by atoms with Crippen LogP contribution in [0.2, 0.25) is 0 Å². The minimum absolute atomic E-state index is 0.0565. The standard InChI is InChI=1S/C27H25NO5/c29-18-10-17-27(19-21-11-4-1-5-12-21)25(30)33-24(23-15-8-3-9-16-23)28(27)26(31)32-20-22-13-6-2-7-14-22/h1-9,11-16,18,24H,10,17,19-20H2/t24-,27-/m1/s1. The van der Waals surface area contributed by atoms with E-state index in [9.17, 15) is 14.4 Å². The van der Waals surface area contributed by atoms with Crippen molar-refractivity contribution in [2.45, 2.75) is 37.6 Å². The molecule has 0 bridgehead atoms. The molecule has 0 unspecified atom stereocenters. The Morgan fingerprint density at radius 2 is 1.48 bits per heavy atom. The highest BCUT2D eigenvalue weighted by atomic mass is 16.6. The molecule has 0 spiro atoms. The van der Waals surface area contributed by atoms with Crippen LogP contribution in [-0.2, 0) is 32.1 Å². The molecule has 0 saturated carbocycles. The molecule has 3 aromatic carbocycles. The highest BCUT2D eigenvalue weighted by molar-refractivity contribution is 5.89. The lowest BCUT2D eigenvalue weighted by Crippen LogP contribution is -2.53. The molecule has 6 heteroatoms. The molecule has 1 aliphatic rings. The smallest absolute Gasteiger partial charge is 0.414 e. The lowest BCUT2D eigenvalue weighted by molar-refractivity contribution is -0.145. The summed E-state index contributed by atoms with van der Waals surface area (Å²) in [4.78, 5) is 39.6. The molecule has 1 heterocycles. The average Bonchev–Trinajstić information content (AvgIpc) is 3.15. The molecule has 0 aromatic heterocycles. The van der Waals surface area contributed by atoms with Crippen LogP contribution in [0.15, 0.2) is 91.0 Å². The lowest BCUT2D eigenvalue weighted by atomic mass is 9.85. The van der Waals surface area contributed by atoms with Crippen molar-refractivity contribution in [2.75, 3.05) is 0 Å². The van der Waals surface area contributed by atoms with Crippen molar-refractivity contribution >= 4 is 18.3 Å². The Balaban J connectivity index is 1.72. The molecule has 2 atom stereocenters. The summed E-state index contributed by atoms with van der Waals surface area (Å²) in [6, 6.07) is 27.8. The first-order valence-corrected chi connectivity index (χ1v) is 10.9. The number of ether oxygens (including phenoxy) is 2. The van der Waals surface area contributed by atoms with Crippen molar-refractivity contribution in [3.8, 4) is 0 Å². The van der Waals surface area contributed by atoms with Gasteiger partial charge in [0.25, 0.3) is 0 Å². The number of carbonyl (C=O) groups excluding carboxylic acids is 3. The van der Waals surface area contributed by atoms with Crippen molar-refractivity contribution in [3.63, 3.8) is 0 Å². The maximum Gasteiger partial charge on any atom is 0.414 e. The first-order valence-electron chi connectivity index (χ1n) is 10.9. The summed E-state index contributed by atoms with van der Waals surface area (Å²) in [5.74, 6) is -0.543. The maximum absolute atomic E-state index is 13.5. The van der Waals surface area contributed by atoms with E-state index in [0.29, 0.717) is 5.56 Å². The summed E-state index contributed by atoms with van der Waals surface area (Å²) < 4.78 is 11.4.